The standard InChI is InChI=1S/C24H25BFNO2/c1-16-13-22(27-15-21(16)18-7-6-8-20(26)14-18)17-9-11-19(12-10-17)25-28-23(2,3)24(4,5)29-25/h6-15H,1-5H3. The SMILES string of the molecule is Cc1cc(-c2ccc(B3OC(C)(C)C(C)(C)O3)cc2)ncc1-c1cccc(F)c1. The second-order valence-corrected chi connectivity index (χ2v) is 8.61. The van der Waals surface area contributed by atoms with Crippen LogP contribution in [0.5, 0.6) is 0 Å². The van der Waals surface area contributed by atoms with E-state index in [1.54, 1.807) is 6.07 Å². The fraction of sp³-hybridized carbons (Fsp3) is 0.292. The molecular weight excluding hydrogens is 364 g/mol. The summed E-state index contributed by atoms with van der Waals surface area (Å²) in [7, 11) is -0.376. The normalized spacial score (nSPS) is 17.5. The highest BCUT2D eigenvalue weighted by Gasteiger charge is 2.51. The highest BCUT2D eigenvalue weighted by molar-refractivity contribution is 6.62. The lowest BCUT2D eigenvalue weighted by Crippen LogP contribution is -2.41. The second kappa shape index (κ2) is 7.08. The van der Waals surface area contributed by atoms with E-state index in [2.05, 4.69) is 4.98 Å². The number of aromatic nitrogens is 1. The first kappa shape index (κ1) is 19.8. The quantitative estimate of drug-likeness (QED) is 0.580. The summed E-state index contributed by atoms with van der Waals surface area (Å²) in [4.78, 5) is 4.60. The first-order valence-electron chi connectivity index (χ1n) is 9.85. The van der Waals surface area contributed by atoms with E-state index >= 15 is 0 Å². The van der Waals surface area contributed by atoms with E-state index in [-0.39, 0.29) is 24.1 Å². The van der Waals surface area contributed by atoms with Gasteiger partial charge in [0.15, 0.2) is 0 Å². The molecule has 3 nitrogen and oxygen atoms in total. The van der Waals surface area contributed by atoms with Crippen LogP contribution < -0.4 is 5.46 Å². The number of halogens is 1. The highest BCUT2D eigenvalue weighted by atomic mass is 19.1. The van der Waals surface area contributed by atoms with Crippen LogP contribution in [0.1, 0.15) is 33.3 Å². The summed E-state index contributed by atoms with van der Waals surface area (Å²) in [5.41, 5.74) is 4.97. The third kappa shape index (κ3) is 3.72. The molecule has 5 heteroatoms. The number of hydrogen-bond acceptors (Lipinski definition) is 3. The van der Waals surface area contributed by atoms with Gasteiger partial charge in [0.2, 0.25) is 0 Å². The van der Waals surface area contributed by atoms with Gasteiger partial charge in [-0.2, -0.15) is 0 Å². The molecule has 0 N–H and O–H groups in total. The molecule has 0 aliphatic carbocycles. The van der Waals surface area contributed by atoms with Crippen LogP contribution in [-0.4, -0.2) is 23.3 Å². The largest absolute Gasteiger partial charge is 0.494 e. The molecule has 4 rings (SSSR count). The van der Waals surface area contributed by atoms with Crippen molar-refractivity contribution in [3.63, 3.8) is 0 Å². The van der Waals surface area contributed by atoms with Crippen LogP contribution >= 0.6 is 0 Å². The lowest BCUT2D eigenvalue weighted by molar-refractivity contribution is 0.00578. The van der Waals surface area contributed by atoms with Gasteiger partial charge in [-0.15, -0.1) is 0 Å². The van der Waals surface area contributed by atoms with Gasteiger partial charge in [-0.05, 0) is 69.4 Å². The lowest BCUT2D eigenvalue weighted by atomic mass is 9.78. The zero-order valence-corrected chi connectivity index (χ0v) is 17.5. The molecule has 1 aliphatic rings. The summed E-state index contributed by atoms with van der Waals surface area (Å²) in [6, 6.07) is 16.7. The average molecular weight is 389 g/mol. The molecule has 2 heterocycles. The maximum absolute atomic E-state index is 13.5. The number of benzene rings is 2. The van der Waals surface area contributed by atoms with Crippen LogP contribution in [0.3, 0.4) is 0 Å². The van der Waals surface area contributed by atoms with Crippen molar-refractivity contribution in [1.29, 1.82) is 0 Å². The van der Waals surface area contributed by atoms with Crippen molar-refractivity contribution in [3.05, 3.63) is 72.2 Å². The van der Waals surface area contributed by atoms with Crippen molar-refractivity contribution < 1.29 is 13.7 Å². The zero-order valence-electron chi connectivity index (χ0n) is 17.5. The van der Waals surface area contributed by atoms with Gasteiger partial charge in [0.1, 0.15) is 5.82 Å². The van der Waals surface area contributed by atoms with Gasteiger partial charge in [-0.3, -0.25) is 4.98 Å². The van der Waals surface area contributed by atoms with E-state index in [1.165, 1.54) is 12.1 Å². The molecule has 0 spiro atoms. The van der Waals surface area contributed by atoms with Gasteiger partial charge >= 0.3 is 7.12 Å². The minimum atomic E-state index is -0.376. The Kier molecular flexibility index (Phi) is 4.84. The van der Waals surface area contributed by atoms with Crippen LogP contribution in [0.25, 0.3) is 22.4 Å². The summed E-state index contributed by atoms with van der Waals surface area (Å²) in [5, 5.41) is 0. The molecule has 0 atom stereocenters. The first-order chi connectivity index (χ1) is 13.7. The van der Waals surface area contributed by atoms with Crippen molar-refractivity contribution in [1.82, 2.24) is 4.98 Å². The number of rotatable bonds is 3. The average Bonchev–Trinajstić information content (AvgIpc) is 2.89. The molecule has 0 bridgehead atoms. The van der Waals surface area contributed by atoms with Crippen molar-refractivity contribution >= 4 is 12.6 Å². The smallest absolute Gasteiger partial charge is 0.399 e. The molecule has 3 aromatic rings. The molecule has 0 radical (unpaired) electrons. The predicted molar refractivity (Wildman–Crippen MR) is 116 cm³/mol. The third-order valence-electron chi connectivity index (χ3n) is 5.98. The third-order valence-corrected chi connectivity index (χ3v) is 5.98. The maximum atomic E-state index is 13.5. The Balaban J connectivity index is 1.58. The highest BCUT2D eigenvalue weighted by Crippen LogP contribution is 2.36. The molecule has 1 fully saturated rings. The Morgan fingerprint density at radius 1 is 0.862 bits per heavy atom. The zero-order chi connectivity index (χ0) is 20.8. The minimum absolute atomic E-state index is 0.246. The van der Waals surface area contributed by atoms with Crippen molar-refractivity contribution in [2.75, 3.05) is 0 Å². The Morgan fingerprint density at radius 3 is 2.10 bits per heavy atom. The van der Waals surface area contributed by atoms with Crippen LogP contribution in [-0.2, 0) is 9.31 Å². The Morgan fingerprint density at radius 2 is 1.52 bits per heavy atom. The molecule has 0 saturated carbocycles. The van der Waals surface area contributed by atoms with E-state index in [0.717, 1.165) is 33.4 Å². The Bertz CT molecular complexity index is 1030. The lowest BCUT2D eigenvalue weighted by Gasteiger charge is -2.32. The molecule has 0 amide bonds. The van der Waals surface area contributed by atoms with Crippen LogP contribution in [0.15, 0.2) is 60.8 Å². The number of nitrogens with zero attached hydrogens (tertiary/aromatic N) is 1. The summed E-state index contributed by atoms with van der Waals surface area (Å²) >= 11 is 0. The van der Waals surface area contributed by atoms with Gasteiger partial charge in [-0.25, -0.2) is 4.39 Å². The summed E-state index contributed by atoms with van der Waals surface area (Å²) in [6.07, 6.45) is 1.81. The molecule has 148 valence electrons. The van der Waals surface area contributed by atoms with E-state index in [0.29, 0.717) is 0 Å². The van der Waals surface area contributed by atoms with Crippen molar-refractivity contribution in [3.8, 4) is 22.4 Å². The molecule has 1 aromatic heterocycles. The van der Waals surface area contributed by atoms with E-state index < -0.39 is 0 Å². The molecule has 2 aromatic carbocycles. The number of hydrogen-bond donors (Lipinski definition) is 0. The summed E-state index contributed by atoms with van der Waals surface area (Å²) in [6.45, 7) is 10.2. The minimum Gasteiger partial charge on any atom is -0.399 e. The molecular formula is C24H25BFNO2. The topological polar surface area (TPSA) is 31.4 Å². The van der Waals surface area contributed by atoms with Crippen molar-refractivity contribution in [2.24, 2.45) is 0 Å². The van der Waals surface area contributed by atoms with Gasteiger partial charge < -0.3 is 9.31 Å². The molecule has 29 heavy (non-hydrogen) atoms. The molecule has 1 aliphatic heterocycles. The van der Waals surface area contributed by atoms with Crippen molar-refractivity contribution in [2.45, 2.75) is 45.8 Å². The van der Waals surface area contributed by atoms with Gasteiger partial charge in [-0.1, -0.05) is 36.4 Å². The van der Waals surface area contributed by atoms with E-state index in [4.69, 9.17) is 9.31 Å². The molecule has 1 saturated heterocycles. The fourth-order valence-corrected chi connectivity index (χ4v) is 3.46. The number of aryl methyl sites for hydroxylation is 1. The van der Waals surface area contributed by atoms with Crippen LogP contribution in [0.4, 0.5) is 4.39 Å². The van der Waals surface area contributed by atoms with Crippen LogP contribution in [0.2, 0.25) is 0 Å². The Hall–Kier alpha value is -2.50. The number of pyridine rings is 1. The van der Waals surface area contributed by atoms with E-state index in [9.17, 15) is 4.39 Å². The second-order valence-electron chi connectivity index (χ2n) is 8.61. The van der Waals surface area contributed by atoms with Gasteiger partial charge in [0, 0.05) is 17.3 Å². The van der Waals surface area contributed by atoms with Gasteiger partial charge in [0.25, 0.3) is 0 Å². The molecule has 0 unspecified atom stereocenters. The fourth-order valence-electron chi connectivity index (χ4n) is 3.46. The van der Waals surface area contributed by atoms with Gasteiger partial charge in [0.05, 0.1) is 16.9 Å². The summed E-state index contributed by atoms with van der Waals surface area (Å²) in [5.74, 6) is -0.246. The summed E-state index contributed by atoms with van der Waals surface area (Å²) < 4.78 is 25.8. The Labute approximate surface area is 172 Å². The van der Waals surface area contributed by atoms with E-state index in [1.807, 2.05) is 77.2 Å². The van der Waals surface area contributed by atoms with Crippen LogP contribution in [0, 0.1) is 12.7 Å². The first-order valence-corrected chi connectivity index (χ1v) is 9.85. The monoisotopic (exact) mass is 389 g/mol. The predicted octanol–water partition coefficient (Wildman–Crippen LogP) is 5.16. The maximum Gasteiger partial charge on any atom is 0.494 e.